The SMILES string of the molecule is CC1CC(C(=O)Cl)CCN1C(=O)OC(C)(C)C. The van der Waals surface area contributed by atoms with Crippen LogP contribution in [0.4, 0.5) is 4.79 Å². The van der Waals surface area contributed by atoms with Crippen molar-refractivity contribution < 1.29 is 14.3 Å². The van der Waals surface area contributed by atoms with Gasteiger partial charge in [-0.05, 0) is 52.1 Å². The molecule has 1 amide bonds. The van der Waals surface area contributed by atoms with Crippen LogP contribution in [0.1, 0.15) is 40.5 Å². The van der Waals surface area contributed by atoms with Crippen LogP contribution in [0.2, 0.25) is 0 Å². The van der Waals surface area contributed by atoms with Crippen LogP contribution in [0, 0.1) is 5.92 Å². The van der Waals surface area contributed by atoms with Gasteiger partial charge in [-0.3, -0.25) is 4.79 Å². The third kappa shape index (κ3) is 4.19. The summed E-state index contributed by atoms with van der Waals surface area (Å²) in [7, 11) is 0. The number of nitrogens with zero attached hydrogens (tertiary/aromatic N) is 1. The fraction of sp³-hybridized carbons (Fsp3) is 0.833. The largest absolute Gasteiger partial charge is 0.444 e. The maximum absolute atomic E-state index is 11.9. The summed E-state index contributed by atoms with van der Waals surface area (Å²) in [5.74, 6) is -0.134. The molecule has 2 atom stereocenters. The quantitative estimate of drug-likeness (QED) is 0.682. The lowest BCUT2D eigenvalue weighted by Gasteiger charge is -2.37. The van der Waals surface area contributed by atoms with Crippen LogP contribution in [-0.4, -0.2) is 34.4 Å². The van der Waals surface area contributed by atoms with Crippen molar-refractivity contribution >= 4 is 22.9 Å². The van der Waals surface area contributed by atoms with E-state index in [1.165, 1.54) is 0 Å². The van der Waals surface area contributed by atoms with E-state index < -0.39 is 5.60 Å². The Labute approximate surface area is 107 Å². The van der Waals surface area contributed by atoms with Crippen LogP contribution in [0.3, 0.4) is 0 Å². The molecule has 0 saturated carbocycles. The number of halogens is 1. The second kappa shape index (κ2) is 5.25. The third-order valence-electron chi connectivity index (χ3n) is 2.83. The van der Waals surface area contributed by atoms with Gasteiger partial charge in [0, 0.05) is 18.5 Å². The van der Waals surface area contributed by atoms with Crippen molar-refractivity contribution in [1.82, 2.24) is 4.90 Å². The summed E-state index contributed by atoms with van der Waals surface area (Å²) in [4.78, 5) is 24.6. The van der Waals surface area contributed by atoms with Gasteiger partial charge in [0.15, 0.2) is 0 Å². The molecule has 1 rings (SSSR count). The van der Waals surface area contributed by atoms with E-state index in [-0.39, 0.29) is 23.3 Å². The van der Waals surface area contributed by atoms with Gasteiger partial charge < -0.3 is 9.64 Å². The summed E-state index contributed by atoms with van der Waals surface area (Å²) in [6.07, 6.45) is 0.915. The number of amides is 1. The minimum atomic E-state index is -0.490. The lowest BCUT2D eigenvalue weighted by Crippen LogP contribution is -2.47. The molecule has 4 nitrogen and oxygen atoms in total. The van der Waals surface area contributed by atoms with Gasteiger partial charge in [0.05, 0.1) is 0 Å². The van der Waals surface area contributed by atoms with E-state index in [4.69, 9.17) is 16.3 Å². The molecule has 1 saturated heterocycles. The van der Waals surface area contributed by atoms with E-state index in [2.05, 4.69) is 0 Å². The predicted octanol–water partition coefficient (Wildman–Crippen LogP) is 2.79. The second-order valence-corrected chi connectivity index (χ2v) is 5.92. The van der Waals surface area contributed by atoms with Gasteiger partial charge in [-0.2, -0.15) is 0 Å². The topological polar surface area (TPSA) is 46.6 Å². The zero-order valence-electron chi connectivity index (χ0n) is 10.8. The Hall–Kier alpha value is -0.770. The third-order valence-corrected chi connectivity index (χ3v) is 3.13. The number of carbonyl (C=O) groups excluding carboxylic acids is 2. The number of piperidine rings is 1. The Morgan fingerprint density at radius 1 is 1.35 bits per heavy atom. The molecule has 5 heteroatoms. The molecule has 0 aromatic heterocycles. The van der Waals surface area contributed by atoms with Crippen molar-refractivity contribution in [3.8, 4) is 0 Å². The minimum Gasteiger partial charge on any atom is -0.444 e. The molecule has 2 unspecified atom stereocenters. The van der Waals surface area contributed by atoms with Crippen LogP contribution in [-0.2, 0) is 9.53 Å². The van der Waals surface area contributed by atoms with Crippen molar-refractivity contribution in [1.29, 1.82) is 0 Å². The minimum absolute atomic E-state index is 0.00806. The first-order chi connectivity index (χ1) is 7.70. The van der Waals surface area contributed by atoms with Gasteiger partial charge in [0.25, 0.3) is 0 Å². The first kappa shape index (κ1) is 14.3. The Kier molecular flexibility index (Phi) is 4.42. The predicted molar refractivity (Wildman–Crippen MR) is 66.0 cm³/mol. The van der Waals surface area contributed by atoms with Crippen LogP contribution in [0.25, 0.3) is 0 Å². The fourth-order valence-electron chi connectivity index (χ4n) is 1.97. The molecule has 0 spiro atoms. The fourth-order valence-corrected chi connectivity index (χ4v) is 2.17. The smallest absolute Gasteiger partial charge is 0.410 e. The standard InChI is InChI=1S/C12H20ClNO3/c1-8-7-9(10(13)15)5-6-14(8)11(16)17-12(2,3)4/h8-9H,5-7H2,1-4H3. The first-order valence-electron chi connectivity index (χ1n) is 5.89. The highest BCUT2D eigenvalue weighted by Gasteiger charge is 2.33. The zero-order valence-corrected chi connectivity index (χ0v) is 11.6. The van der Waals surface area contributed by atoms with E-state index in [0.29, 0.717) is 19.4 Å². The molecule has 1 heterocycles. The van der Waals surface area contributed by atoms with Gasteiger partial charge in [-0.1, -0.05) is 0 Å². The highest BCUT2D eigenvalue weighted by Crippen LogP contribution is 2.26. The monoisotopic (exact) mass is 261 g/mol. The lowest BCUT2D eigenvalue weighted by atomic mass is 9.93. The molecule has 17 heavy (non-hydrogen) atoms. The molecule has 1 aliphatic heterocycles. The maximum Gasteiger partial charge on any atom is 0.410 e. The Morgan fingerprint density at radius 2 is 1.94 bits per heavy atom. The molecule has 0 radical (unpaired) electrons. The molecule has 0 aromatic carbocycles. The average Bonchev–Trinajstić information content (AvgIpc) is 2.14. The van der Waals surface area contributed by atoms with Gasteiger partial charge >= 0.3 is 6.09 Å². The highest BCUT2D eigenvalue weighted by molar-refractivity contribution is 6.64. The summed E-state index contributed by atoms with van der Waals surface area (Å²) < 4.78 is 5.31. The van der Waals surface area contributed by atoms with E-state index in [1.54, 1.807) is 4.90 Å². The molecule has 1 fully saturated rings. The van der Waals surface area contributed by atoms with Crippen molar-refractivity contribution in [2.45, 2.75) is 52.2 Å². The van der Waals surface area contributed by atoms with E-state index in [0.717, 1.165) is 0 Å². The molecule has 0 N–H and O–H groups in total. The van der Waals surface area contributed by atoms with E-state index in [1.807, 2.05) is 27.7 Å². The number of carbonyl (C=O) groups is 2. The van der Waals surface area contributed by atoms with E-state index in [9.17, 15) is 9.59 Å². The Balaban J connectivity index is 2.58. The number of hydrogen-bond acceptors (Lipinski definition) is 3. The molecule has 98 valence electrons. The Bertz CT molecular complexity index is 311. The molecule has 0 aromatic rings. The molecule has 1 aliphatic rings. The second-order valence-electron chi connectivity index (χ2n) is 5.55. The summed E-state index contributed by atoms with van der Waals surface area (Å²) in [6.45, 7) is 7.95. The van der Waals surface area contributed by atoms with Crippen LogP contribution in [0.15, 0.2) is 0 Å². The number of rotatable bonds is 1. The maximum atomic E-state index is 11.9. The normalized spacial score (nSPS) is 25.6. The summed E-state index contributed by atoms with van der Waals surface area (Å²) >= 11 is 5.48. The number of ether oxygens (including phenoxy) is 1. The van der Waals surface area contributed by atoms with Crippen LogP contribution < -0.4 is 0 Å². The number of likely N-dealkylation sites (tertiary alicyclic amines) is 1. The molecular formula is C12H20ClNO3. The van der Waals surface area contributed by atoms with Crippen molar-refractivity contribution in [3.05, 3.63) is 0 Å². The first-order valence-corrected chi connectivity index (χ1v) is 6.27. The van der Waals surface area contributed by atoms with Crippen molar-refractivity contribution in [2.75, 3.05) is 6.54 Å². The van der Waals surface area contributed by atoms with Gasteiger partial charge in [-0.25, -0.2) is 4.79 Å². The van der Waals surface area contributed by atoms with E-state index >= 15 is 0 Å². The summed E-state index contributed by atoms with van der Waals surface area (Å²) in [6, 6.07) is -0.00806. The lowest BCUT2D eigenvalue weighted by molar-refractivity contribution is -0.117. The molecular weight excluding hydrogens is 242 g/mol. The van der Waals surface area contributed by atoms with Gasteiger partial charge in [-0.15, -0.1) is 0 Å². The summed E-state index contributed by atoms with van der Waals surface area (Å²) in [5, 5.41) is -0.305. The van der Waals surface area contributed by atoms with Crippen molar-refractivity contribution in [3.63, 3.8) is 0 Å². The van der Waals surface area contributed by atoms with Crippen LogP contribution >= 0.6 is 11.6 Å². The Morgan fingerprint density at radius 3 is 2.35 bits per heavy atom. The van der Waals surface area contributed by atoms with Crippen LogP contribution in [0.5, 0.6) is 0 Å². The molecule has 0 aliphatic carbocycles. The van der Waals surface area contributed by atoms with Gasteiger partial charge in [0.1, 0.15) is 5.60 Å². The number of hydrogen-bond donors (Lipinski definition) is 0. The average molecular weight is 262 g/mol. The van der Waals surface area contributed by atoms with Gasteiger partial charge in [0.2, 0.25) is 5.24 Å². The highest BCUT2D eigenvalue weighted by atomic mass is 35.5. The van der Waals surface area contributed by atoms with Crippen molar-refractivity contribution in [2.24, 2.45) is 5.92 Å². The molecule has 0 bridgehead atoms. The summed E-state index contributed by atoms with van der Waals surface area (Å²) in [5.41, 5.74) is -0.490. The zero-order chi connectivity index (χ0) is 13.2.